The lowest BCUT2D eigenvalue weighted by molar-refractivity contribution is 0.586. The van der Waals surface area contributed by atoms with Crippen LogP contribution in [0.25, 0.3) is 0 Å². The van der Waals surface area contributed by atoms with Gasteiger partial charge >= 0.3 is 0 Å². The van der Waals surface area contributed by atoms with Crippen LogP contribution in [0.2, 0.25) is 0 Å². The molecule has 0 saturated heterocycles. The van der Waals surface area contributed by atoms with E-state index in [0.717, 1.165) is 11.3 Å². The fourth-order valence-electron chi connectivity index (χ4n) is 1.75. The minimum absolute atomic E-state index is 0.278. The number of aromatic nitrogens is 2. The van der Waals surface area contributed by atoms with E-state index in [-0.39, 0.29) is 5.82 Å². The molecule has 0 amide bonds. The highest BCUT2D eigenvalue weighted by Crippen LogP contribution is 2.22. The number of benzene rings is 1. The molecule has 0 aliphatic carbocycles. The molecule has 0 aliphatic heterocycles. The molecule has 0 spiro atoms. The zero-order valence-electron chi connectivity index (χ0n) is 9.31. The van der Waals surface area contributed by atoms with Crippen LogP contribution in [0.3, 0.4) is 0 Å². The normalized spacial score (nSPS) is 12.8. The third-order valence-electron chi connectivity index (χ3n) is 2.66. The molecule has 2 aromatic rings. The van der Waals surface area contributed by atoms with Gasteiger partial charge < -0.3 is 5.73 Å². The highest BCUT2D eigenvalue weighted by Gasteiger charge is 2.16. The van der Waals surface area contributed by atoms with Crippen molar-refractivity contribution < 1.29 is 4.39 Å². The second-order valence-corrected chi connectivity index (χ2v) is 3.88. The summed E-state index contributed by atoms with van der Waals surface area (Å²) in [5, 5.41) is 4.03. The van der Waals surface area contributed by atoms with Gasteiger partial charge in [0.05, 0.1) is 11.7 Å². The summed E-state index contributed by atoms with van der Waals surface area (Å²) in [5.41, 5.74) is 8.32. The van der Waals surface area contributed by atoms with Crippen LogP contribution < -0.4 is 5.73 Å². The van der Waals surface area contributed by atoms with Gasteiger partial charge in [0.15, 0.2) is 0 Å². The minimum atomic E-state index is -0.479. The Morgan fingerprint density at radius 1 is 1.38 bits per heavy atom. The maximum atomic E-state index is 13.6. The van der Waals surface area contributed by atoms with E-state index in [0.29, 0.717) is 5.56 Å². The summed E-state index contributed by atoms with van der Waals surface area (Å²) in [5.74, 6) is -0.278. The molecule has 4 heteroatoms. The van der Waals surface area contributed by atoms with Crippen LogP contribution >= 0.6 is 0 Å². The van der Waals surface area contributed by atoms with Crippen LogP contribution in [0.1, 0.15) is 22.9 Å². The molecule has 1 aromatic carbocycles. The van der Waals surface area contributed by atoms with Gasteiger partial charge in [-0.2, -0.15) is 5.10 Å². The van der Waals surface area contributed by atoms with Crippen molar-refractivity contribution in [2.24, 2.45) is 12.8 Å². The van der Waals surface area contributed by atoms with Gasteiger partial charge in [0.1, 0.15) is 5.82 Å². The molecular formula is C12H14FN3. The van der Waals surface area contributed by atoms with Gasteiger partial charge in [-0.05, 0) is 19.1 Å². The van der Waals surface area contributed by atoms with Crippen LogP contribution in [0.4, 0.5) is 4.39 Å². The lowest BCUT2D eigenvalue weighted by Gasteiger charge is -2.14. The standard InChI is InChI=1S/C12H14FN3/c1-8-3-4-10(13)9(7-8)12(14)11-5-6-15-16(11)2/h3-7,12H,14H2,1-2H3. The predicted molar refractivity (Wildman–Crippen MR) is 60.4 cm³/mol. The van der Waals surface area contributed by atoms with E-state index < -0.39 is 6.04 Å². The molecule has 2 N–H and O–H groups in total. The van der Waals surface area contributed by atoms with Crippen molar-refractivity contribution in [1.29, 1.82) is 0 Å². The second kappa shape index (κ2) is 4.06. The molecule has 0 saturated carbocycles. The van der Waals surface area contributed by atoms with Crippen LogP contribution in [-0.4, -0.2) is 9.78 Å². The first kappa shape index (κ1) is 10.8. The minimum Gasteiger partial charge on any atom is -0.319 e. The quantitative estimate of drug-likeness (QED) is 0.838. The Balaban J connectivity index is 2.45. The van der Waals surface area contributed by atoms with Crippen molar-refractivity contribution in [2.75, 3.05) is 0 Å². The van der Waals surface area contributed by atoms with Gasteiger partial charge in [0.2, 0.25) is 0 Å². The predicted octanol–water partition coefficient (Wildman–Crippen LogP) is 1.92. The first-order chi connectivity index (χ1) is 7.59. The molecule has 1 heterocycles. The maximum absolute atomic E-state index is 13.6. The van der Waals surface area contributed by atoms with Crippen LogP contribution in [0.5, 0.6) is 0 Å². The van der Waals surface area contributed by atoms with Crippen LogP contribution in [0.15, 0.2) is 30.5 Å². The third-order valence-corrected chi connectivity index (χ3v) is 2.66. The molecular weight excluding hydrogens is 205 g/mol. The van der Waals surface area contributed by atoms with E-state index >= 15 is 0 Å². The average molecular weight is 219 g/mol. The topological polar surface area (TPSA) is 43.8 Å². The lowest BCUT2D eigenvalue weighted by Crippen LogP contribution is -2.17. The molecule has 1 aromatic heterocycles. The number of halogens is 1. The Morgan fingerprint density at radius 3 is 2.75 bits per heavy atom. The number of hydrogen-bond donors (Lipinski definition) is 1. The summed E-state index contributed by atoms with van der Waals surface area (Å²) in [6.07, 6.45) is 1.66. The fourth-order valence-corrected chi connectivity index (χ4v) is 1.75. The van der Waals surface area contributed by atoms with Crippen molar-refractivity contribution >= 4 is 0 Å². The van der Waals surface area contributed by atoms with Crippen LogP contribution in [0, 0.1) is 12.7 Å². The van der Waals surface area contributed by atoms with Crippen molar-refractivity contribution in [2.45, 2.75) is 13.0 Å². The molecule has 0 radical (unpaired) electrons. The van der Waals surface area contributed by atoms with Crippen molar-refractivity contribution in [3.63, 3.8) is 0 Å². The van der Waals surface area contributed by atoms with Gasteiger partial charge in [-0.15, -0.1) is 0 Å². The molecule has 2 rings (SSSR count). The summed E-state index contributed by atoms with van der Waals surface area (Å²) < 4.78 is 15.3. The van der Waals surface area contributed by atoms with Crippen LogP contribution in [-0.2, 0) is 7.05 Å². The number of rotatable bonds is 2. The van der Waals surface area contributed by atoms with Gasteiger partial charge in [-0.3, -0.25) is 4.68 Å². The van der Waals surface area contributed by atoms with E-state index in [4.69, 9.17) is 5.73 Å². The largest absolute Gasteiger partial charge is 0.319 e. The maximum Gasteiger partial charge on any atom is 0.128 e. The number of nitrogens with zero attached hydrogens (tertiary/aromatic N) is 2. The molecule has 1 unspecified atom stereocenters. The van der Waals surface area contributed by atoms with E-state index in [9.17, 15) is 4.39 Å². The van der Waals surface area contributed by atoms with E-state index in [1.165, 1.54) is 6.07 Å². The molecule has 16 heavy (non-hydrogen) atoms. The SMILES string of the molecule is Cc1ccc(F)c(C(N)c2ccnn2C)c1. The Morgan fingerprint density at radius 2 is 2.12 bits per heavy atom. The zero-order valence-corrected chi connectivity index (χ0v) is 9.31. The molecule has 0 aliphatic rings. The third kappa shape index (κ3) is 1.84. The van der Waals surface area contributed by atoms with Crippen molar-refractivity contribution in [3.8, 4) is 0 Å². The summed E-state index contributed by atoms with van der Waals surface area (Å²) in [7, 11) is 1.79. The first-order valence-corrected chi connectivity index (χ1v) is 5.09. The monoisotopic (exact) mass is 219 g/mol. The number of nitrogens with two attached hydrogens (primary N) is 1. The molecule has 0 bridgehead atoms. The van der Waals surface area contributed by atoms with Crippen molar-refractivity contribution in [1.82, 2.24) is 9.78 Å². The number of aryl methyl sites for hydroxylation is 2. The highest BCUT2D eigenvalue weighted by molar-refractivity contribution is 5.31. The average Bonchev–Trinajstić information content (AvgIpc) is 2.67. The smallest absolute Gasteiger partial charge is 0.128 e. The van der Waals surface area contributed by atoms with Crippen molar-refractivity contribution in [3.05, 3.63) is 53.1 Å². The lowest BCUT2D eigenvalue weighted by atomic mass is 10.0. The second-order valence-electron chi connectivity index (χ2n) is 3.88. The van der Waals surface area contributed by atoms with E-state index in [1.807, 2.05) is 6.92 Å². The summed E-state index contributed by atoms with van der Waals surface area (Å²) in [4.78, 5) is 0. The number of hydrogen-bond acceptors (Lipinski definition) is 2. The highest BCUT2D eigenvalue weighted by atomic mass is 19.1. The Labute approximate surface area is 93.7 Å². The molecule has 1 atom stereocenters. The van der Waals surface area contributed by atoms with Gasteiger partial charge in [-0.25, -0.2) is 4.39 Å². The van der Waals surface area contributed by atoms with E-state index in [1.54, 1.807) is 36.1 Å². The van der Waals surface area contributed by atoms with Gasteiger partial charge in [0.25, 0.3) is 0 Å². The molecule has 0 fully saturated rings. The van der Waals surface area contributed by atoms with Gasteiger partial charge in [-0.1, -0.05) is 17.7 Å². The zero-order chi connectivity index (χ0) is 11.7. The summed E-state index contributed by atoms with van der Waals surface area (Å²) in [6, 6.07) is 6.27. The molecule has 3 nitrogen and oxygen atoms in total. The first-order valence-electron chi connectivity index (χ1n) is 5.09. The van der Waals surface area contributed by atoms with Gasteiger partial charge in [0, 0.05) is 18.8 Å². The Kier molecular flexibility index (Phi) is 2.75. The Bertz CT molecular complexity index is 505. The Hall–Kier alpha value is -1.68. The summed E-state index contributed by atoms with van der Waals surface area (Å²) in [6.45, 7) is 1.92. The molecule has 84 valence electrons. The fraction of sp³-hybridized carbons (Fsp3) is 0.250. The summed E-state index contributed by atoms with van der Waals surface area (Å²) >= 11 is 0. The van der Waals surface area contributed by atoms with E-state index in [2.05, 4.69) is 5.10 Å².